The molecule has 120 valence electrons. The molecule has 2 atom stereocenters. The molecule has 1 heterocycles. The van der Waals surface area contributed by atoms with Crippen LogP contribution in [0.4, 0.5) is 4.39 Å². The molecule has 3 rings (SSSR count). The topological polar surface area (TPSA) is 55.1 Å². The third-order valence-corrected chi connectivity index (χ3v) is 5.09. The number of nitrogens with one attached hydrogen (secondary N) is 1. The standard InChI is InChI=1S/C18H19FN2OS/c19-13-6-7-17-14(11-13)16(8-9-23-17)21-18(22)15(20)10-12-4-2-1-3-5-12/h1-7,11,15-16H,8-10,20H2,(H,21,22). The lowest BCUT2D eigenvalue weighted by atomic mass is 10.0. The van der Waals surface area contributed by atoms with Crippen molar-refractivity contribution < 1.29 is 9.18 Å². The van der Waals surface area contributed by atoms with Crippen molar-refractivity contribution in [2.45, 2.75) is 29.8 Å². The van der Waals surface area contributed by atoms with Crippen LogP contribution in [-0.2, 0) is 11.2 Å². The first kappa shape index (κ1) is 16.0. The van der Waals surface area contributed by atoms with Crippen LogP contribution in [0, 0.1) is 5.82 Å². The molecule has 0 saturated carbocycles. The number of carbonyl (C=O) groups excluding carboxylic acids is 1. The molecule has 2 aromatic carbocycles. The number of hydrogen-bond acceptors (Lipinski definition) is 3. The summed E-state index contributed by atoms with van der Waals surface area (Å²) in [6, 6.07) is 13.7. The second-order valence-corrected chi connectivity index (χ2v) is 6.81. The minimum absolute atomic E-state index is 0.170. The van der Waals surface area contributed by atoms with Gasteiger partial charge in [-0.3, -0.25) is 4.79 Å². The third-order valence-electron chi connectivity index (χ3n) is 3.96. The Kier molecular flexibility index (Phi) is 4.98. The number of hydrogen-bond donors (Lipinski definition) is 2. The van der Waals surface area contributed by atoms with E-state index in [4.69, 9.17) is 5.73 Å². The Morgan fingerprint density at radius 1 is 1.30 bits per heavy atom. The molecule has 3 nitrogen and oxygen atoms in total. The van der Waals surface area contributed by atoms with E-state index in [0.717, 1.165) is 28.2 Å². The van der Waals surface area contributed by atoms with Crippen LogP contribution < -0.4 is 11.1 Å². The highest BCUT2D eigenvalue weighted by molar-refractivity contribution is 7.99. The molecule has 0 radical (unpaired) electrons. The predicted octanol–water partition coefficient (Wildman–Crippen LogP) is 3.05. The lowest BCUT2D eigenvalue weighted by molar-refractivity contribution is -0.123. The van der Waals surface area contributed by atoms with Crippen molar-refractivity contribution in [2.24, 2.45) is 5.73 Å². The summed E-state index contributed by atoms with van der Waals surface area (Å²) < 4.78 is 13.5. The molecule has 1 amide bonds. The van der Waals surface area contributed by atoms with Gasteiger partial charge in [0.05, 0.1) is 12.1 Å². The van der Waals surface area contributed by atoms with Crippen LogP contribution in [0.25, 0.3) is 0 Å². The smallest absolute Gasteiger partial charge is 0.237 e. The molecular formula is C18H19FN2OS. The number of rotatable bonds is 4. The molecule has 5 heteroatoms. The summed E-state index contributed by atoms with van der Waals surface area (Å²) in [6.45, 7) is 0. The lowest BCUT2D eigenvalue weighted by Gasteiger charge is -2.27. The third kappa shape index (κ3) is 3.92. The minimum atomic E-state index is -0.607. The molecule has 2 unspecified atom stereocenters. The molecule has 2 aromatic rings. The number of amides is 1. The molecule has 1 aliphatic rings. The van der Waals surface area contributed by atoms with Crippen molar-refractivity contribution in [1.29, 1.82) is 0 Å². The SMILES string of the molecule is NC(Cc1ccccc1)C(=O)NC1CCSc2ccc(F)cc21. The number of carbonyl (C=O) groups is 1. The summed E-state index contributed by atoms with van der Waals surface area (Å²) >= 11 is 1.69. The summed E-state index contributed by atoms with van der Waals surface area (Å²) in [6.07, 6.45) is 1.27. The van der Waals surface area contributed by atoms with Crippen LogP contribution in [0.2, 0.25) is 0 Å². The van der Waals surface area contributed by atoms with E-state index in [1.54, 1.807) is 17.8 Å². The fourth-order valence-corrected chi connectivity index (χ4v) is 3.86. The molecule has 3 N–H and O–H groups in total. The summed E-state index contributed by atoms with van der Waals surface area (Å²) in [5.41, 5.74) is 7.90. The van der Waals surface area contributed by atoms with Gasteiger partial charge in [-0.2, -0.15) is 0 Å². The van der Waals surface area contributed by atoms with E-state index < -0.39 is 6.04 Å². The first-order chi connectivity index (χ1) is 11.1. The summed E-state index contributed by atoms with van der Waals surface area (Å²) in [4.78, 5) is 13.4. The van der Waals surface area contributed by atoms with Crippen LogP contribution in [0.15, 0.2) is 53.4 Å². The first-order valence-corrected chi connectivity index (χ1v) is 8.64. The van der Waals surface area contributed by atoms with Gasteiger partial charge in [0.1, 0.15) is 5.82 Å². The lowest BCUT2D eigenvalue weighted by Crippen LogP contribution is -2.44. The minimum Gasteiger partial charge on any atom is -0.348 e. The molecular weight excluding hydrogens is 311 g/mol. The highest BCUT2D eigenvalue weighted by Crippen LogP contribution is 2.36. The molecule has 0 fully saturated rings. The van der Waals surface area contributed by atoms with Crippen molar-refractivity contribution >= 4 is 17.7 Å². The zero-order valence-corrected chi connectivity index (χ0v) is 13.5. The van der Waals surface area contributed by atoms with Crippen LogP contribution >= 0.6 is 11.8 Å². The van der Waals surface area contributed by atoms with Gasteiger partial charge in [0.15, 0.2) is 0 Å². The van der Waals surface area contributed by atoms with Crippen LogP contribution in [-0.4, -0.2) is 17.7 Å². The van der Waals surface area contributed by atoms with Crippen LogP contribution in [0.5, 0.6) is 0 Å². The van der Waals surface area contributed by atoms with E-state index in [1.165, 1.54) is 12.1 Å². The zero-order chi connectivity index (χ0) is 16.2. The van der Waals surface area contributed by atoms with Gasteiger partial charge in [-0.15, -0.1) is 11.8 Å². The second-order valence-electron chi connectivity index (χ2n) is 5.68. The quantitative estimate of drug-likeness (QED) is 0.906. The highest BCUT2D eigenvalue weighted by Gasteiger charge is 2.25. The molecule has 0 spiro atoms. The van der Waals surface area contributed by atoms with Gasteiger partial charge in [0, 0.05) is 10.6 Å². The van der Waals surface area contributed by atoms with E-state index in [-0.39, 0.29) is 17.8 Å². The Labute approximate surface area is 139 Å². The average Bonchev–Trinajstić information content (AvgIpc) is 2.56. The fourth-order valence-electron chi connectivity index (χ4n) is 2.75. The van der Waals surface area contributed by atoms with Crippen molar-refractivity contribution in [3.63, 3.8) is 0 Å². The van der Waals surface area contributed by atoms with Crippen molar-refractivity contribution in [2.75, 3.05) is 5.75 Å². The second kappa shape index (κ2) is 7.15. The van der Waals surface area contributed by atoms with Gasteiger partial charge >= 0.3 is 0 Å². The summed E-state index contributed by atoms with van der Waals surface area (Å²) in [5.74, 6) is 0.428. The zero-order valence-electron chi connectivity index (χ0n) is 12.7. The normalized spacial score (nSPS) is 18.1. The van der Waals surface area contributed by atoms with E-state index in [1.807, 2.05) is 30.3 Å². The Morgan fingerprint density at radius 2 is 2.09 bits per heavy atom. The Morgan fingerprint density at radius 3 is 2.87 bits per heavy atom. The van der Waals surface area contributed by atoms with Gasteiger partial charge < -0.3 is 11.1 Å². The Bertz CT molecular complexity index is 693. The Balaban J connectivity index is 1.68. The largest absolute Gasteiger partial charge is 0.348 e. The Hall–Kier alpha value is -1.85. The van der Waals surface area contributed by atoms with Crippen molar-refractivity contribution in [1.82, 2.24) is 5.32 Å². The molecule has 23 heavy (non-hydrogen) atoms. The summed E-state index contributed by atoms with van der Waals surface area (Å²) in [5, 5.41) is 2.98. The maximum atomic E-state index is 13.5. The fraction of sp³-hybridized carbons (Fsp3) is 0.278. The number of thioether (sulfide) groups is 1. The van der Waals surface area contributed by atoms with E-state index in [9.17, 15) is 9.18 Å². The highest BCUT2D eigenvalue weighted by atomic mass is 32.2. The van der Waals surface area contributed by atoms with Crippen LogP contribution in [0.3, 0.4) is 0 Å². The average molecular weight is 330 g/mol. The number of fused-ring (bicyclic) bond motifs is 1. The van der Waals surface area contributed by atoms with Gasteiger partial charge in [0.2, 0.25) is 5.91 Å². The van der Waals surface area contributed by atoms with Gasteiger partial charge in [0.25, 0.3) is 0 Å². The molecule has 0 saturated heterocycles. The molecule has 0 aromatic heterocycles. The maximum Gasteiger partial charge on any atom is 0.237 e. The monoisotopic (exact) mass is 330 g/mol. The summed E-state index contributed by atoms with van der Waals surface area (Å²) in [7, 11) is 0. The maximum absolute atomic E-state index is 13.5. The van der Waals surface area contributed by atoms with Crippen LogP contribution in [0.1, 0.15) is 23.6 Å². The molecule has 1 aliphatic heterocycles. The van der Waals surface area contributed by atoms with E-state index in [2.05, 4.69) is 5.32 Å². The predicted molar refractivity (Wildman–Crippen MR) is 90.7 cm³/mol. The van der Waals surface area contributed by atoms with E-state index >= 15 is 0 Å². The van der Waals surface area contributed by atoms with Gasteiger partial charge in [-0.1, -0.05) is 30.3 Å². The molecule has 0 bridgehead atoms. The van der Waals surface area contributed by atoms with Crippen molar-refractivity contribution in [3.8, 4) is 0 Å². The van der Waals surface area contributed by atoms with E-state index in [0.29, 0.717) is 6.42 Å². The first-order valence-electron chi connectivity index (χ1n) is 7.65. The molecule has 0 aliphatic carbocycles. The van der Waals surface area contributed by atoms with Gasteiger partial charge in [-0.25, -0.2) is 4.39 Å². The number of benzene rings is 2. The van der Waals surface area contributed by atoms with Gasteiger partial charge in [-0.05, 0) is 42.2 Å². The number of nitrogens with two attached hydrogens (primary N) is 1. The number of halogens is 1. The van der Waals surface area contributed by atoms with Crippen molar-refractivity contribution in [3.05, 3.63) is 65.5 Å².